The lowest BCUT2D eigenvalue weighted by atomic mass is 9.70. The minimum atomic E-state index is -3.91. The number of hydrogen-bond acceptors (Lipinski definition) is 5. The van der Waals surface area contributed by atoms with E-state index in [2.05, 4.69) is 4.98 Å². The van der Waals surface area contributed by atoms with E-state index in [1.807, 2.05) is 13.8 Å². The van der Waals surface area contributed by atoms with Crippen molar-refractivity contribution >= 4 is 27.5 Å². The van der Waals surface area contributed by atoms with E-state index < -0.39 is 15.5 Å². The average molecular weight is 344 g/mol. The second-order valence-corrected chi connectivity index (χ2v) is 8.77. The summed E-state index contributed by atoms with van der Waals surface area (Å²) in [7, 11) is -3.91. The maximum atomic E-state index is 12.4. The number of carbonyl (C=O) groups is 1. The van der Waals surface area contributed by atoms with Crippen LogP contribution in [0.4, 0.5) is 0 Å². The van der Waals surface area contributed by atoms with Gasteiger partial charge in [0.2, 0.25) is 5.88 Å². The van der Waals surface area contributed by atoms with Gasteiger partial charge in [0.05, 0.1) is 16.2 Å². The molecular weight excluding hydrogens is 326 g/mol. The van der Waals surface area contributed by atoms with Gasteiger partial charge in [0.25, 0.3) is 0 Å². The van der Waals surface area contributed by atoms with Crippen LogP contribution >= 0.6 is 11.6 Å². The zero-order chi connectivity index (χ0) is 16.2. The summed E-state index contributed by atoms with van der Waals surface area (Å²) in [5.41, 5.74) is -1.14. The molecule has 7 heteroatoms. The summed E-state index contributed by atoms with van der Waals surface area (Å²) in [6, 6.07) is 2.91. The Morgan fingerprint density at radius 3 is 2.64 bits per heavy atom. The van der Waals surface area contributed by atoms with Crippen LogP contribution in [-0.4, -0.2) is 24.9 Å². The monoisotopic (exact) mass is 343 g/mol. The Balaban J connectivity index is 1.85. The second-order valence-electron chi connectivity index (χ2n) is 6.77. The SMILES string of the molecule is CC1(C)C2CCC1(CS(=O)(=O)Oc1ccc(Cl)cn1)C(=O)C2. The fourth-order valence-electron chi connectivity index (χ4n) is 3.98. The lowest BCUT2D eigenvalue weighted by molar-refractivity contribution is -0.128. The first-order chi connectivity index (χ1) is 10.2. The molecule has 0 spiro atoms. The van der Waals surface area contributed by atoms with Gasteiger partial charge >= 0.3 is 10.1 Å². The van der Waals surface area contributed by atoms with Crippen molar-refractivity contribution in [2.45, 2.75) is 33.1 Å². The third-order valence-electron chi connectivity index (χ3n) is 5.47. The van der Waals surface area contributed by atoms with E-state index in [4.69, 9.17) is 15.8 Å². The average Bonchev–Trinajstić information content (AvgIpc) is 2.74. The maximum absolute atomic E-state index is 12.4. The predicted octanol–water partition coefficient (Wildman–Crippen LogP) is 2.84. The Hall–Kier alpha value is -1.14. The number of pyridine rings is 1. The van der Waals surface area contributed by atoms with Crippen molar-refractivity contribution in [3.05, 3.63) is 23.4 Å². The third-order valence-corrected chi connectivity index (χ3v) is 6.97. The van der Waals surface area contributed by atoms with Gasteiger partial charge in [-0.1, -0.05) is 25.4 Å². The molecule has 0 aliphatic heterocycles. The zero-order valence-corrected chi connectivity index (χ0v) is 14.1. The molecule has 3 rings (SSSR count). The summed E-state index contributed by atoms with van der Waals surface area (Å²) in [4.78, 5) is 16.2. The highest BCUT2D eigenvalue weighted by atomic mass is 35.5. The predicted molar refractivity (Wildman–Crippen MR) is 82.2 cm³/mol. The number of aromatic nitrogens is 1. The van der Waals surface area contributed by atoms with Crippen molar-refractivity contribution in [1.82, 2.24) is 4.98 Å². The number of halogens is 1. The van der Waals surface area contributed by atoms with Crippen LogP contribution < -0.4 is 4.18 Å². The van der Waals surface area contributed by atoms with E-state index in [0.717, 1.165) is 6.42 Å². The van der Waals surface area contributed by atoms with Crippen molar-refractivity contribution in [1.29, 1.82) is 0 Å². The van der Waals surface area contributed by atoms with E-state index in [0.29, 0.717) is 17.9 Å². The molecule has 2 fully saturated rings. The summed E-state index contributed by atoms with van der Waals surface area (Å²) in [5.74, 6) is -0.000407. The van der Waals surface area contributed by atoms with Gasteiger partial charge in [-0.15, -0.1) is 0 Å². The first-order valence-electron chi connectivity index (χ1n) is 7.23. The Morgan fingerprint density at radius 1 is 1.41 bits per heavy atom. The topological polar surface area (TPSA) is 73.3 Å². The van der Waals surface area contributed by atoms with Gasteiger partial charge in [-0.05, 0) is 30.2 Å². The van der Waals surface area contributed by atoms with Crippen molar-refractivity contribution < 1.29 is 17.4 Å². The Kier molecular flexibility index (Phi) is 3.53. The van der Waals surface area contributed by atoms with E-state index in [1.165, 1.54) is 18.3 Å². The second kappa shape index (κ2) is 4.93. The first kappa shape index (κ1) is 15.7. The smallest absolute Gasteiger partial charge is 0.311 e. The number of Topliss-reactive ketones (excluding diaryl/α,β-unsaturated/α-hetero) is 1. The highest BCUT2D eigenvalue weighted by Gasteiger charge is 2.65. The summed E-state index contributed by atoms with van der Waals surface area (Å²) in [6.07, 6.45) is 3.30. The molecule has 2 saturated carbocycles. The van der Waals surface area contributed by atoms with Crippen LogP contribution in [0, 0.1) is 16.7 Å². The van der Waals surface area contributed by atoms with Crippen LogP contribution in [0.15, 0.2) is 18.3 Å². The Labute approximate surface area is 135 Å². The Morgan fingerprint density at radius 2 is 2.14 bits per heavy atom. The minimum absolute atomic E-state index is 0.0291. The highest BCUT2D eigenvalue weighted by molar-refractivity contribution is 7.87. The minimum Gasteiger partial charge on any atom is -0.362 e. The van der Waals surface area contributed by atoms with Crippen molar-refractivity contribution in [2.75, 3.05) is 5.75 Å². The normalized spacial score (nSPS) is 29.8. The summed E-state index contributed by atoms with van der Waals surface area (Å²) in [5, 5.41) is 0.397. The van der Waals surface area contributed by atoms with Gasteiger partial charge in [-0.2, -0.15) is 8.42 Å². The molecular formula is C15H18ClNO4S. The molecule has 2 bridgehead atoms. The molecule has 1 aromatic heterocycles. The van der Waals surface area contributed by atoms with Crippen molar-refractivity contribution in [2.24, 2.45) is 16.7 Å². The largest absolute Gasteiger partial charge is 0.362 e. The number of nitrogens with zero attached hydrogens (tertiary/aromatic N) is 1. The fourth-order valence-corrected chi connectivity index (χ4v) is 5.79. The van der Waals surface area contributed by atoms with Crippen LogP contribution in [-0.2, 0) is 14.9 Å². The number of hydrogen-bond donors (Lipinski definition) is 0. The number of ketones is 1. The van der Waals surface area contributed by atoms with E-state index in [-0.39, 0.29) is 28.7 Å². The number of fused-ring (bicyclic) bond motifs is 2. The number of carbonyl (C=O) groups excluding carboxylic acids is 1. The number of rotatable bonds is 4. The molecule has 2 atom stereocenters. The van der Waals surface area contributed by atoms with E-state index in [1.54, 1.807) is 0 Å². The molecule has 22 heavy (non-hydrogen) atoms. The summed E-state index contributed by atoms with van der Waals surface area (Å²) < 4.78 is 29.9. The third kappa shape index (κ3) is 2.33. The molecule has 0 saturated heterocycles. The molecule has 0 amide bonds. The molecule has 1 heterocycles. The quantitative estimate of drug-likeness (QED) is 0.786. The van der Waals surface area contributed by atoms with Gasteiger partial charge in [0.15, 0.2) is 0 Å². The van der Waals surface area contributed by atoms with Gasteiger partial charge in [0.1, 0.15) is 5.78 Å². The molecule has 2 aliphatic rings. The molecule has 5 nitrogen and oxygen atoms in total. The van der Waals surface area contributed by atoms with Crippen molar-refractivity contribution in [3.63, 3.8) is 0 Å². The van der Waals surface area contributed by atoms with Crippen LogP contribution in [0.2, 0.25) is 5.02 Å². The van der Waals surface area contributed by atoms with Crippen LogP contribution in [0.5, 0.6) is 5.88 Å². The molecule has 0 N–H and O–H groups in total. The molecule has 120 valence electrons. The van der Waals surface area contributed by atoms with E-state index >= 15 is 0 Å². The van der Waals surface area contributed by atoms with Gasteiger partial charge in [-0.3, -0.25) is 4.79 Å². The zero-order valence-electron chi connectivity index (χ0n) is 12.5. The van der Waals surface area contributed by atoms with Gasteiger partial charge in [0, 0.05) is 18.7 Å². The van der Waals surface area contributed by atoms with Crippen LogP contribution in [0.25, 0.3) is 0 Å². The van der Waals surface area contributed by atoms with Crippen molar-refractivity contribution in [3.8, 4) is 5.88 Å². The maximum Gasteiger partial charge on any atom is 0.311 e. The molecule has 0 radical (unpaired) electrons. The molecule has 0 aromatic carbocycles. The lowest BCUT2D eigenvalue weighted by Gasteiger charge is -2.35. The van der Waals surface area contributed by atoms with Crippen LogP contribution in [0.1, 0.15) is 33.1 Å². The molecule has 1 aromatic rings. The summed E-state index contributed by atoms with van der Waals surface area (Å²) in [6.45, 7) is 3.98. The lowest BCUT2D eigenvalue weighted by Crippen LogP contribution is -2.43. The fraction of sp³-hybridized carbons (Fsp3) is 0.600. The van der Waals surface area contributed by atoms with Gasteiger partial charge < -0.3 is 4.18 Å². The Bertz CT molecular complexity index is 714. The standard InChI is InChI=1S/C15H18ClNO4S/c1-14(2)10-5-6-15(14,12(18)7-10)9-22(19,20)21-13-4-3-11(16)8-17-13/h3-4,8,10H,5-7,9H2,1-2H3. The van der Waals surface area contributed by atoms with Gasteiger partial charge in [-0.25, -0.2) is 4.98 Å². The first-order valence-corrected chi connectivity index (χ1v) is 9.19. The van der Waals surface area contributed by atoms with E-state index in [9.17, 15) is 13.2 Å². The summed E-state index contributed by atoms with van der Waals surface area (Å²) >= 11 is 5.71. The molecule has 2 unspecified atom stereocenters. The van der Waals surface area contributed by atoms with Crippen LogP contribution in [0.3, 0.4) is 0 Å². The molecule has 2 aliphatic carbocycles. The highest BCUT2D eigenvalue weighted by Crippen LogP contribution is 2.64.